The number of imide groups is 1. The zero-order chi connectivity index (χ0) is 21.0. The molecule has 3 rings (SSSR count). The molecule has 2 aromatic rings. The molecular formula is C18H16F3N3O4. The zero-order valence-corrected chi connectivity index (χ0v) is 15.1. The third-order valence-electron chi connectivity index (χ3n) is 3.85. The third-order valence-corrected chi connectivity index (χ3v) is 3.85. The second-order valence-electron chi connectivity index (χ2n) is 7.20. The van der Waals surface area contributed by atoms with Crippen molar-refractivity contribution in [3.05, 3.63) is 51.3 Å². The van der Waals surface area contributed by atoms with E-state index >= 15 is 0 Å². The van der Waals surface area contributed by atoms with Crippen molar-refractivity contribution in [2.45, 2.75) is 32.5 Å². The predicted octanol–water partition coefficient (Wildman–Crippen LogP) is 2.50. The average Bonchev–Trinajstić information content (AvgIpc) is 2.78. The summed E-state index contributed by atoms with van der Waals surface area (Å²) < 4.78 is 46.3. The van der Waals surface area contributed by atoms with Crippen LogP contribution in [0.5, 0.6) is 5.75 Å². The van der Waals surface area contributed by atoms with Gasteiger partial charge in [0.2, 0.25) is 0 Å². The number of halogens is 3. The molecule has 0 spiro atoms. The first-order valence-corrected chi connectivity index (χ1v) is 8.11. The number of anilines is 1. The Balaban J connectivity index is 2.28. The zero-order valence-electron chi connectivity index (χ0n) is 15.1. The smallest absolute Gasteiger partial charge is 0.416 e. The van der Waals surface area contributed by atoms with Crippen molar-refractivity contribution in [2.75, 3.05) is 5.73 Å². The molecule has 10 heteroatoms. The number of aromatic nitrogens is 1. The lowest BCUT2D eigenvalue weighted by molar-refractivity contribution is -0.137. The molecule has 0 bridgehead atoms. The third kappa shape index (κ3) is 3.45. The summed E-state index contributed by atoms with van der Waals surface area (Å²) in [5, 5.41) is 1.99. The van der Waals surface area contributed by atoms with Crippen LogP contribution < -0.4 is 21.3 Å². The number of nitrogen functional groups attached to an aromatic ring is 1. The van der Waals surface area contributed by atoms with Crippen LogP contribution in [0.4, 0.5) is 19.0 Å². The first-order valence-electron chi connectivity index (χ1n) is 8.11. The van der Waals surface area contributed by atoms with Gasteiger partial charge in [-0.3, -0.25) is 24.3 Å². The molecule has 2 heterocycles. The van der Waals surface area contributed by atoms with Gasteiger partial charge in [-0.1, -0.05) is 0 Å². The molecule has 0 fully saturated rings. The minimum atomic E-state index is -4.71. The average molecular weight is 395 g/mol. The summed E-state index contributed by atoms with van der Waals surface area (Å²) in [6.07, 6.45) is -4.71. The highest BCUT2D eigenvalue weighted by molar-refractivity contribution is 6.23. The quantitative estimate of drug-likeness (QED) is 0.761. The van der Waals surface area contributed by atoms with Crippen molar-refractivity contribution >= 4 is 17.6 Å². The van der Waals surface area contributed by atoms with Crippen LogP contribution >= 0.6 is 0 Å². The van der Waals surface area contributed by atoms with E-state index in [4.69, 9.17) is 10.5 Å². The maximum atomic E-state index is 13.3. The van der Waals surface area contributed by atoms with Gasteiger partial charge in [-0.05, 0) is 32.9 Å². The number of hydrogen-bond donors (Lipinski definition) is 2. The molecule has 0 saturated heterocycles. The molecule has 0 atom stereocenters. The van der Waals surface area contributed by atoms with Crippen molar-refractivity contribution in [1.29, 1.82) is 0 Å². The summed E-state index contributed by atoms with van der Waals surface area (Å²) in [7, 11) is 0. The summed E-state index contributed by atoms with van der Waals surface area (Å²) in [5.41, 5.74) is 2.44. The van der Waals surface area contributed by atoms with E-state index in [1.54, 1.807) is 20.8 Å². The van der Waals surface area contributed by atoms with Gasteiger partial charge in [0, 0.05) is 12.1 Å². The standard InChI is InChI=1S/C18H16F3N3O4/c1-17(2,3)28-10-5-8(18(19,20)21)4-9(6-10)24-12(25)7-11-13(14(24)22)16(27)23-15(11)26/h4-7H,22H2,1-3H3,(H,23,26,27). The molecule has 7 nitrogen and oxygen atoms in total. The number of nitrogens with one attached hydrogen (secondary N) is 1. The molecule has 1 aromatic heterocycles. The number of amides is 2. The van der Waals surface area contributed by atoms with Crippen LogP contribution in [0.15, 0.2) is 29.1 Å². The Bertz CT molecular complexity index is 1070. The van der Waals surface area contributed by atoms with Gasteiger partial charge in [0.1, 0.15) is 17.2 Å². The highest BCUT2D eigenvalue weighted by Gasteiger charge is 2.34. The van der Waals surface area contributed by atoms with Gasteiger partial charge in [0.05, 0.1) is 22.4 Å². The Morgan fingerprint density at radius 2 is 1.64 bits per heavy atom. The summed E-state index contributed by atoms with van der Waals surface area (Å²) >= 11 is 0. The molecule has 1 aromatic carbocycles. The normalized spacial score (nSPS) is 14.1. The maximum absolute atomic E-state index is 13.3. The van der Waals surface area contributed by atoms with Gasteiger partial charge < -0.3 is 10.5 Å². The topological polar surface area (TPSA) is 103 Å². The number of alkyl halides is 3. The number of carbonyl (C=O) groups is 2. The fourth-order valence-corrected chi connectivity index (χ4v) is 2.83. The van der Waals surface area contributed by atoms with Crippen LogP contribution in [0.1, 0.15) is 47.1 Å². The Kier molecular flexibility index (Phi) is 4.25. The lowest BCUT2D eigenvalue weighted by atomic mass is 10.1. The molecular weight excluding hydrogens is 379 g/mol. The molecule has 1 aliphatic rings. The number of hydrogen-bond acceptors (Lipinski definition) is 5. The van der Waals surface area contributed by atoms with E-state index in [2.05, 4.69) is 0 Å². The van der Waals surface area contributed by atoms with Gasteiger partial charge in [-0.2, -0.15) is 13.2 Å². The molecule has 28 heavy (non-hydrogen) atoms. The largest absolute Gasteiger partial charge is 0.488 e. The van der Waals surface area contributed by atoms with Gasteiger partial charge in [0.25, 0.3) is 17.4 Å². The van der Waals surface area contributed by atoms with E-state index in [0.29, 0.717) is 6.07 Å². The lowest BCUT2D eigenvalue weighted by Gasteiger charge is -2.23. The van der Waals surface area contributed by atoms with Crippen molar-refractivity contribution in [3.63, 3.8) is 0 Å². The number of ether oxygens (including phenoxy) is 1. The Morgan fingerprint density at radius 1 is 1.00 bits per heavy atom. The second kappa shape index (κ2) is 6.11. The highest BCUT2D eigenvalue weighted by Crippen LogP contribution is 2.35. The fraction of sp³-hybridized carbons (Fsp3) is 0.278. The van der Waals surface area contributed by atoms with Crippen LogP contribution in [-0.4, -0.2) is 22.0 Å². The number of rotatable bonds is 2. The highest BCUT2D eigenvalue weighted by atomic mass is 19.4. The van der Waals surface area contributed by atoms with E-state index in [9.17, 15) is 27.6 Å². The number of pyridine rings is 1. The molecule has 2 amide bonds. The van der Waals surface area contributed by atoms with Gasteiger partial charge >= 0.3 is 6.18 Å². The SMILES string of the molecule is CC(C)(C)Oc1cc(-n2c(N)c3c(cc2=O)C(=O)NC3=O)cc(C(F)(F)F)c1. The van der Waals surface area contributed by atoms with Gasteiger partial charge in [-0.25, -0.2) is 0 Å². The Hall–Kier alpha value is -3.30. The summed E-state index contributed by atoms with van der Waals surface area (Å²) in [6.45, 7) is 4.95. The van der Waals surface area contributed by atoms with Crippen molar-refractivity contribution in [3.8, 4) is 11.4 Å². The van der Waals surface area contributed by atoms with Crippen LogP contribution in [0.25, 0.3) is 5.69 Å². The first kappa shape index (κ1) is 19.5. The number of carbonyl (C=O) groups excluding carboxylic acids is 2. The van der Waals surface area contributed by atoms with Crippen molar-refractivity contribution < 1.29 is 27.5 Å². The van der Waals surface area contributed by atoms with Gasteiger partial charge in [0.15, 0.2) is 0 Å². The molecule has 0 saturated carbocycles. The van der Waals surface area contributed by atoms with E-state index in [1.165, 1.54) is 6.07 Å². The second-order valence-corrected chi connectivity index (χ2v) is 7.20. The molecule has 3 N–H and O–H groups in total. The first-order chi connectivity index (χ1) is 12.8. The lowest BCUT2D eigenvalue weighted by Crippen LogP contribution is -2.26. The summed E-state index contributed by atoms with van der Waals surface area (Å²) in [5.74, 6) is -2.20. The minimum absolute atomic E-state index is 0.135. The summed E-state index contributed by atoms with van der Waals surface area (Å²) in [6, 6.07) is 3.59. The van der Waals surface area contributed by atoms with Crippen LogP contribution in [-0.2, 0) is 6.18 Å². The molecule has 0 aliphatic carbocycles. The number of benzene rings is 1. The maximum Gasteiger partial charge on any atom is 0.416 e. The predicted molar refractivity (Wildman–Crippen MR) is 93.6 cm³/mol. The molecule has 0 unspecified atom stereocenters. The van der Waals surface area contributed by atoms with Crippen LogP contribution in [0.3, 0.4) is 0 Å². The van der Waals surface area contributed by atoms with E-state index in [1.807, 2.05) is 5.32 Å². The fourth-order valence-electron chi connectivity index (χ4n) is 2.83. The monoisotopic (exact) mass is 395 g/mol. The number of fused-ring (bicyclic) bond motifs is 1. The molecule has 0 radical (unpaired) electrons. The van der Waals surface area contributed by atoms with E-state index in [-0.39, 0.29) is 22.6 Å². The van der Waals surface area contributed by atoms with Crippen LogP contribution in [0.2, 0.25) is 0 Å². The van der Waals surface area contributed by atoms with Crippen LogP contribution in [0, 0.1) is 0 Å². The summed E-state index contributed by atoms with van der Waals surface area (Å²) in [4.78, 5) is 36.1. The van der Waals surface area contributed by atoms with Crippen molar-refractivity contribution in [2.24, 2.45) is 0 Å². The van der Waals surface area contributed by atoms with Crippen molar-refractivity contribution in [1.82, 2.24) is 9.88 Å². The number of nitrogens with zero attached hydrogens (tertiary/aromatic N) is 1. The Labute approximate surface area is 156 Å². The number of nitrogens with two attached hydrogens (primary N) is 1. The Morgan fingerprint density at radius 3 is 2.21 bits per heavy atom. The molecule has 148 valence electrons. The minimum Gasteiger partial charge on any atom is -0.488 e. The molecule has 1 aliphatic heterocycles. The van der Waals surface area contributed by atoms with Gasteiger partial charge in [-0.15, -0.1) is 0 Å². The van der Waals surface area contributed by atoms with E-state index in [0.717, 1.165) is 16.7 Å². The van der Waals surface area contributed by atoms with E-state index < -0.39 is 40.5 Å².